The molecular weight excluding hydrogens is 369 g/mol. The van der Waals surface area contributed by atoms with E-state index in [0.29, 0.717) is 14.4 Å². The van der Waals surface area contributed by atoms with Gasteiger partial charge in [0.15, 0.2) is 0 Å². The van der Waals surface area contributed by atoms with Crippen LogP contribution >= 0.6 is 27.3 Å². The number of thiophene rings is 1. The van der Waals surface area contributed by atoms with Gasteiger partial charge in [0, 0.05) is 10.9 Å². The predicted molar refractivity (Wildman–Crippen MR) is 80.5 cm³/mol. The molecule has 0 bridgehead atoms. The molecule has 108 valence electrons. The van der Waals surface area contributed by atoms with Gasteiger partial charge in [0.25, 0.3) is 10.0 Å². The fourth-order valence-corrected chi connectivity index (χ4v) is 5.08. The molecule has 0 atom stereocenters. The van der Waals surface area contributed by atoms with E-state index >= 15 is 0 Å². The minimum absolute atomic E-state index is 0.122. The summed E-state index contributed by atoms with van der Waals surface area (Å²) in [6.07, 6.45) is 0. The molecule has 0 aliphatic heterocycles. The van der Waals surface area contributed by atoms with Crippen molar-refractivity contribution in [3.8, 4) is 5.75 Å². The Morgan fingerprint density at radius 3 is 2.60 bits per heavy atom. The van der Waals surface area contributed by atoms with E-state index in [2.05, 4.69) is 20.7 Å². The Balaban J connectivity index is 2.40. The second kappa shape index (κ2) is 5.71. The number of rotatable bonds is 4. The van der Waals surface area contributed by atoms with Crippen molar-refractivity contribution in [3.63, 3.8) is 0 Å². The van der Waals surface area contributed by atoms with Crippen molar-refractivity contribution in [2.24, 2.45) is 0 Å². The van der Waals surface area contributed by atoms with Crippen molar-refractivity contribution in [1.82, 2.24) is 0 Å². The highest BCUT2D eigenvalue weighted by Crippen LogP contribution is 2.31. The zero-order chi connectivity index (χ0) is 14.9. The van der Waals surface area contributed by atoms with E-state index in [1.165, 1.54) is 36.6 Å². The molecule has 0 unspecified atom stereocenters. The summed E-state index contributed by atoms with van der Waals surface area (Å²) < 4.78 is 46.1. The fraction of sp³-hybridized carbons (Fsp3) is 0.167. The maximum Gasteiger partial charge on any atom is 0.263 e. The van der Waals surface area contributed by atoms with Crippen LogP contribution in [0.5, 0.6) is 5.75 Å². The summed E-state index contributed by atoms with van der Waals surface area (Å²) in [6, 6.07) is 5.34. The Kier molecular flexibility index (Phi) is 4.36. The van der Waals surface area contributed by atoms with Gasteiger partial charge in [0.2, 0.25) is 0 Å². The fourth-order valence-electron chi connectivity index (χ4n) is 1.61. The van der Waals surface area contributed by atoms with Gasteiger partial charge in [-0.3, -0.25) is 4.72 Å². The van der Waals surface area contributed by atoms with Crippen molar-refractivity contribution in [2.45, 2.75) is 11.8 Å². The number of benzene rings is 1. The van der Waals surface area contributed by atoms with Crippen molar-refractivity contribution in [3.05, 3.63) is 38.7 Å². The van der Waals surface area contributed by atoms with Gasteiger partial charge >= 0.3 is 0 Å². The lowest BCUT2D eigenvalue weighted by atomic mass is 10.3. The van der Waals surface area contributed by atoms with Gasteiger partial charge in [-0.1, -0.05) is 0 Å². The molecule has 0 saturated carbocycles. The first-order valence-electron chi connectivity index (χ1n) is 5.46. The number of hydrogen-bond donors (Lipinski definition) is 1. The van der Waals surface area contributed by atoms with E-state index < -0.39 is 15.8 Å². The third kappa shape index (κ3) is 3.13. The van der Waals surface area contributed by atoms with Gasteiger partial charge in [-0.2, -0.15) is 0 Å². The largest absolute Gasteiger partial charge is 0.497 e. The Hall–Kier alpha value is -1.12. The number of anilines is 1. The SMILES string of the molecule is COc1ccc(F)c(NS(=O)(=O)c2cc(Br)sc2C)c1. The van der Waals surface area contributed by atoms with Gasteiger partial charge in [0.1, 0.15) is 16.5 Å². The summed E-state index contributed by atoms with van der Waals surface area (Å²) in [7, 11) is -2.41. The van der Waals surface area contributed by atoms with E-state index in [4.69, 9.17) is 4.74 Å². The van der Waals surface area contributed by atoms with Crippen LogP contribution in [0.3, 0.4) is 0 Å². The molecule has 1 N–H and O–H groups in total. The van der Waals surface area contributed by atoms with Crippen molar-refractivity contribution < 1.29 is 17.5 Å². The number of nitrogens with one attached hydrogen (secondary N) is 1. The molecule has 0 amide bonds. The quantitative estimate of drug-likeness (QED) is 0.879. The number of aryl methyl sites for hydroxylation is 1. The number of hydrogen-bond acceptors (Lipinski definition) is 4. The average molecular weight is 380 g/mol. The lowest BCUT2D eigenvalue weighted by molar-refractivity contribution is 0.414. The van der Waals surface area contributed by atoms with Gasteiger partial charge in [-0.15, -0.1) is 11.3 Å². The summed E-state index contributed by atoms with van der Waals surface area (Å²) >= 11 is 4.53. The molecule has 2 rings (SSSR count). The summed E-state index contributed by atoms with van der Waals surface area (Å²) in [5.74, 6) is -0.298. The Morgan fingerprint density at radius 1 is 1.35 bits per heavy atom. The molecule has 20 heavy (non-hydrogen) atoms. The zero-order valence-electron chi connectivity index (χ0n) is 10.6. The van der Waals surface area contributed by atoms with E-state index in [0.717, 1.165) is 6.07 Å². The molecule has 1 heterocycles. The van der Waals surface area contributed by atoms with Gasteiger partial charge in [-0.25, -0.2) is 12.8 Å². The van der Waals surface area contributed by atoms with Gasteiger partial charge in [-0.05, 0) is 41.1 Å². The number of ether oxygens (including phenoxy) is 1. The van der Waals surface area contributed by atoms with Crippen LogP contribution in [-0.2, 0) is 10.0 Å². The summed E-state index contributed by atoms with van der Waals surface area (Å²) in [5, 5.41) is 0. The van der Waals surface area contributed by atoms with Crippen LogP contribution in [0.2, 0.25) is 0 Å². The molecule has 1 aromatic heterocycles. The molecule has 0 spiro atoms. The molecule has 0 aliphatic carbocycles. The smallest absolute Gasteiger partial charge is 0.263 e. The lowest BCUT2D eigenvalue weighted by Crippen LogP contribution is -2.14. The second-order valence-corrected chi connectivity index (χ2v) is 8.21. The van der Waals surface area contributed by atoms with Crippen LogP contribution in [0.25, 0.3) is 0 Å². The highest BCUT2D eigenvalue weighted by molar-refractivity contribution is 9.11. The highest BCUT2D eigenvalue weighted by Gasteiger charge is 2.21. The maximum atomic E-state index is 13.7. The first-order chi connectivity index (χ1) is 9.33. The molecule has 2 aromatic rings. The predicted octanol–water partition coefficient (Wildman–Crippen LogP) is 3.77. The van der Waals surface area contributed by atoms with Crippen LogP contribution in [0.1, 0.15) is 4.88 Å². The molecular formula is C12H11BrFNO3S2. The summed E-state index contributed by atoms with van der Waals surface area (Å²) in [4.78, 5) is 0.740. The first kappa shape index (κ1) is 15.3. The Morgan fingerprint density at radius 2 is 2.05 bits per heavy atom. The third-order valence-electron chi connectivity index (χ3n) is 2.55. The van der Waals surface area contributed by atoms with E-state index in [1.54, 1.807) is 6.92 Å². The Labute approximate surface area is 128 Å². The van der Waals surface area contributed by atoms with Gasteiger partial charge in [0.05, 0.1) is 16.6 Å². The van der Waals surface area contributed by atoms with Crippen LogP contribution in [0.4, 0.5) is 10.1 Å². The summed E-state index contributed by atoms with van der Waals surface area (Å²) in [6.45, 7) is 1.69. The van der Waals surface area contributed by atoms with Crippen molar-refractivity contribution in [1.29, 1.82) is 0 Å². The number of halogens is 2. The molecule has 0 fully saturated rings. The van der Waals surface area contributed by atoms with Crippen LogP contribution in [-0.4, -0.2) is 15.5 Å². The van der Waals surface area contributed by atoms with Crippen molar-refractivity contribution in [2.75, 3.05) is 11.8 Å². The van der Waals surface area contributed by atoms with Crippen LogP contribution in [0, 0.1) is 12.7 Å². The highest BCUT2D eigenvalue weighted by atomic mass is 79.9. The first-order valence-corrected chi connectivity index (χ1v) is 8.55. The topological polar surface area (TPSA) is 55.4 Å². The second-order valence-electron chi connectivity index (χ2n) is 3.92. The lowest BCUT2D eigenvalue weighted by Gasteiger charge is -2.10. The molecule has 8 heteroatoms. The number of methoxy groups -OCH3 is 1. The average Bonchev–Trinajstić information content (AvgIpc) is 2.72. The molecule has 4 nitrogen and oxygen atoms in total. The third-order valence-corrected chi connectivity index (χ3v) is 5.72. The van der Waals surface area contributed by atoms with E-state index in [9.17, 15) is 12.8 Å². The van der Waals surface area contributed by atoms with Crippen LogP contribution < -0.4 is 9.46 Å². The normalized spacial score (nSPS) is 11.4. The molecule has 0 aliphatic rings. The van der Waals surface area contributed by atoms with E-state index in [1.807, 2.05) is 0 Å². The Bertz CT molecular complexity index is 743. The molecule has 1 aromatic carbocycles. The maximum absolute atomic E-state index is 13.7. The monoisotopic (exact) mass is 379 g/mol. The standard InChI is InChI=1S/C12H11BrFNO3S2/c1-7-11(6-12(13)19-7)20(16,17)15-10-5-8(18-2)3-4-9(10)14/h3-6,15H,1-2H3. The van der Waals surface area contributed by atoms with Gasteiger partial charge < -0.3 is 4.74 Å². The summed E-state index contributed by atoms with van der Waals surface area (Å²) in [5.41, 5.74) is -0.147. The minimum Gasteiger partial charge on any atom is -0.497 e. The molecule has 0 radical (unpaired) electrons. The van der Waals surface area contributed by atoms with Crippen LogP contribution in [0.15, 0.2) is 32.9 Å². The minimum atomic E-state index is -3.84. The molecule has 0 saturated heterocycles. The number of sulfonamides is 1. The van der Waals surface area contributed by atoms with E-state index in [-0.39, 0.29) is 10.6 Å². The van der Waals surface area contributed by atoms with Crippen molar-refractivity contribution >= 4 is 43.0 Å². The zero-order valence-corrected chi connectivity index (χ0v) is 13.8.